The van der Waals surface area contributed by atoms with E-state index in [1.807, 2.05) is 22.2 Å². The molecule has 3 atom stereocenters. The van der Waals surface area contributed by atoms with E-state index in [4.69, 9.17) is 0 Å². The Hall–Kier alpha value is -2.97. The van der Waals surface area contributed by atoms with Crippen LogP contribution in [0.4, 0.5) is 0 Å². The number of piperidine rings is 2. The number of H-pyrrole nitrogens is 1. The Morgan fingerprint density at radius 2 is 1.92 bits per heavy atom. The molecule has 8 rings (SSSR count). The number of thiophene rings is 1. The molecule has 1 N–H and O–H groups in total. The highest BCUT2D eigenvalue weighted by atomic mass is 32.1. The molecule has 2 saturated heterocycles. The molecule has 0 aromatic carbocycles. The molecule has 3 aliphatic rings. The number of aryl methyl sites for hydroxylation is 3. The Morgan fingerprint density at radius 3 is 2.63 bits per heavy atom. The molecule has 3 fully saturated rings. The third-order valence-corrected chi connectivity index (χ3v) is 10.7. The van der Waals surface area contributed by atoms with Gasteiger partial charge >= 0.3 is 0 Å². The van der Waals surface area contributed by atoms with Crippen molar-refractivity contribution in [3.8, 4) is 11.3 Å². The van der Waals surface area contributed by atoms with Crippen molar-refractivity contribution in [3.05, 3.63) is 57.9 Å². The van der Waals surface area contributed by atoms with Crippen LogP contribution in [-0.2, 0) is 13.6 Å². The molecule has 0 radical (unpaired) electrons. The molecule has 1 unspecified atom stereocenters. The highest BCUT2D eigenvalue weighted by molar-refractivity contribution is 7.19. The number of pyridine rings is 1. The average Bonchev–Trinajstić information content (AvgIpc) is 3.67. The van der Waals surface area contributed by atoms with Gasteiger partial charge in [0.05, 0.1) is 17.7 Å². The molecule has 7 nitrogen and oxygen atoms in total. The lowest BCUT2D eigenvalue weighted by atomic mass is 9.70. The fourth-order valence-electron chi connectivity index (χ4n) is 7.33. The van der Waals surface area contributed by atoms with Gasteiger partial charge in [0.1, 0.15) is 11.2 Å². The second-order valence-corrected chi connectivity index (χ2v) is 13.0. The van der Waals surface area contributed by atoms with Gasteiger partial charge in [-0.25, -0.2) is 14.5 Å². The van der Waals surface area contributed by atoms with Crippen LogP contribution in [0, 0.1) is 26.7 Å². The molecule has 2 bridgehead atoms. The molecular weight excluding hydrogens is 490 g/mol. The fourth-order valence-corrected chi connectivity index (χ4v) is 8.76. The quantitative estimate of drug-likeness (QED) is 0.284. The largest absolute Gasteiger partial charge is 0.346 e. The Morgan fingerprint density at radius 1 is 1.08 bits per heavy atom. The maximum absolute atomic E-state index is 4.60. The van der Waals surface area contributed by atoms with Gasteiger partial charge in [0, 0.05) is 54.4 Å². The molecule has 0 amide bonds. The van der Waals surface area contributed by atoms with E-state index in [1.54, 1.807) is 11.2 Å². The van der Waals surface area contributed by atoms with Crippen LogP contribution in [0.15, 0.2) is 25.0 Å². The van der Waals surface area contributed by atoms with Crippen molar-refractivity contribution in [1.29, 1.82) is 0 Å². The summed E-state index contributed by atoms with van der Waals surface area (Å²) in [6, 6.07) is 0.659. The van der Waals surface area contributed by atoms with Crippen LogP contribution in [-0.4, -0.2) is 46.6 Å². The molecule has 5 aromatic rings. The first-order chi connectivity index (χ1) is 18.3. The predicted octanol–water partition coefficient (Wildman–Crippen LogP) is 6.49. The molecule has 1 saturated carbocycles. The summed E-state index contributed by atoms with van der Waals surface area (Å²) in [6.45, 7) is 13.6. The summed E-state index contributed by atoms with van der Waals surface area (Å²) in [5, 5.41) is 5.91. The Bertz CT molecular complexity index is 1660. The van der Waals surface area contributed by atoms with E-state index in [9.17, 15) is 0 Å². The van der Waals surface area contributed by atoms with Gasteiger partial charge in [-0.3, -0.25) is 4.90 Å². The predicted molar refractivity (Wildman–Crippen MR) is 154 cm³/mol. The lowest BCUT2D eigenvalue weighted by molar-refractivity contribution is 0.0258. The topological polar surface area (TPSA) is 67.0 Å². The minimum atomic E-state index is 0.419. The van der Waals surface area contributed by atoms with Gasteiger partial charge in [0.2, 0.25) is 0 Å². The number of rotatable bonds is 5. The van der Waals surface area contributed by atoms with Gasteiger partial charge < -0.3 is 9.55 Å². The summed E-state index contributed by atoms with van der Waals surface area (Å²) >= 11 is 2.02. The van der Waals surface area contributed by atoms with Gasteiger partial charge in [-0.2, -0.15) is 5.10 Å². The van der Waals surface area contributed by atoms with E-state index < -0.39 is 0 Å². The zero-order chi connectivity index (χ0) is 26.3. The van der Waals surface area contributed by atoms with E-state index in [0.717, 1.165) is 18.1 Å². The minimum Gasteiger partial charge on any atom is -0.346 e. The Balaban J connectivity index is 1.26. The molecule has 0 spiro atoms. The summed E-state index contributed by atoms with van der Waals surface area (Å²) < 4.78 is 3.98. The van der Waals surface area contributed by atoms with Gasteiger partial charge in [-0.15, -0.1) is 11.3 Å². The highest BCUT2D eigenvalue weighted by Crippen LogP contribution is 2.51. The van der Waals surface area contributed by atoms with Gasteiger partial charge in [0.25, 0.3) is 0 Å². The Labute approximate surface area is 227 Å². The number of hydrogen-bond donors (Lipinski definition) is 1. The lowest BCUT2D eigenvalue weighted by Gasteiger charge is -2.49. The number of nitrogens with zero attached hydrogens (tertiary/aromatic N) is 6. The van der Waals surface area contributed by atoms with Crippen LogP contribution >= 0.6 is 11.3 Å². The summed E-state index contributed by atoms with van der Waals surface area (Å²) in [5.74, 6) is 1.81. The van der Waals surface area contributed by atoms with Crippen LogP contribution in [0.2, 0.25) is 0 Å². The van der Waals surface area contributed by atoms with Gasteiger partial charge in [-0.1, -0.05) is 13.8 Å². The second-order valence-electron chi connectivity index (χ2n) is 12.0. The maximum atomic E-state index is 4.60. The van der Waals surface area contributed by atoms with E-state index in [-0.39, 0.29) is 0 Å². The summed E-state index contributed by atoms with van der Waals surface area (Å²) in [4.78, 5) is 18.6. The van der Waals surface area contributed by atoms with Crippen molar-refractivity contribution in [2.75, 3.05) is 6.54 Å². The number of aromatic amines is 1. The zero-order valence-corrected chi connectivity index (χ0v) is 24.1. The number of aromatic nitrogens is 6. The number of fused-ring (bicyclic) bond motifs is 5. The van der Waals surface area contributed by atoms with Crippen LogP contribution in [0.3, 0.4) is 0 Å². The van der Waals surface area contributed by atoms with E-state index in [0.29, 0.717) is 17.9 Å². The first-order valence-corrected chi connectivity index (χ1v) is 14.8. The molecule has 38 heavy (non-hydrogen) atoms. The van der Waals surface area contributed by atoms with Crippen LogP contribution in [0.5, 0.6) is 0 Å². The summed E-state index contributed by atoms with van der Waals surface area (Å²) in [7, 11) is 2.06. The minimum absolute atomic E-state index is 0.419. The first-order valence-electron chi connectivity index (χ1n) is 14.0. The molecule has 5 aromatic heterocycles. The summed E-state index contributed by atoms with van der Waals surface area (Å²) in [6.07, 6.45) is 11.8. The second kappa shape index (κ2) is 8.78. The highest BCUT2D eigenvalue weighted by Gasteiger charge is 2.42. The van der Waals surface area contributed by atoms with E-state index in [1.165, 1.54) is 75.2 Å². The normalized spacial score (nSPS) is 22.0. The molecule has 2 aliphatic heterocycles. The fraction of sp³-hybridized carbons (Fsp3) is 0.500. The van der Waals surface area contributed by atoms with Crippen LogP contribution < -0.4 is 0 Å². The SMILES string of the molecule is Cc1c(-c2[nH]c3sc([C@H]4C[C@@H]5CCC4CN5Cc4cn(C)cn4)c(C)c3c2C(C)C)cn2ncnc2c1C. The van der Waals surface area contributed by atoms with Crippen LogP contribution in [0.1, 0.15) is 77.8 Å². The number of hydrogen-bond acceptors (Lipinski definition) is 5. The van der Waals surface area contributed by atoms with Crippen molar-refractivity contribution in [2.45, 2.75) is 78.3 Å². The van der Waals surface area contributed by atoms with Crippen molar-refractivity contribution < 1.29 is 0 Å². The van der Waals surface area contributed by atoms with Crippen molar-refractivity contribution in [3.63, 3.8) is 0 Å². The Kier molecular flexibility index (Phi) is 5.57. The van der Waals surface area contributed by atoms with Gasteiger partial charge in [0.15, 0.2) is 5.65 Å². The molecule has 8 heteroatoms. The smallest absolute Gasteiger partial charge is 0.158 e. The van der Waals surface area contributed by atoms with E-state index in [2.05, 4.69) is 83.6 Å². The molecule has 198 valence electrons. The average molecular weight is 528 g/mol. The number of nitrogens with one attached hydrogen (secondary N) is 1. The standard InChI is InChI=1S/C30H37N7S/c1-16(2)25-26-19(5)28(23-9-22-8-7-20(23)10-36(22)12-21-11-35(6)15-32-21)38-30(26)34-27(25)24-13-37-29(31-14-33-37)18(4)17(24)3/h11,13-16,20,22-23,34H,7-10,12H2,1-6H3/t20?,22-,23-/m0/s1. The van der Waals surface area contributed by atoms with Crippen molar-refractivity contribution in [1.82, 2.24) is 34.0 Å². The summed E-state index contributed by atoms with van der Waals surface area (Å²) in [5.41, 5.74) is 10.0. The molecular formula is C30H37N7S. The monoisotopic (exact) mass is 527 g/mol. The van der Waals surface area contributed by atoms with Crippen molar-refractivity contribution >= 4 is 27.2 Å². The maximum Gasteiger partial charge on any atom is 0.158 e. The lowest BCUT2D eigenvalue weighted by Crippen LogP contribution is -2.50. The molecule has 7 heterocycles. The van der Waals surface area contributed by atoms with Crippen LogP contribution in [0.25, 0.3) is 27.1 Å². The third kappa shape index (κ3) is 3.60. The zero-order valence-electron chi connectivity index (χ0n) is 23.2. The van der Waals surface area contributed by atoms with Crippen molar-refractivity contribution in [2.24, 2.45) is 13.0 Å². The van der Waals surface area contributed by atoms with E-state index >= 15 is 0 Å². The molecule has 1 aliphatic carbocycles. The number of imidazole rings is 1. The first kappa shape index (κ1) is 24.1. The van der Waals surface area contributed by atoms with Gasteiger partial charge in [-0.05, 0) is 80.0 Å². The third-order valence-electron chi connectivity index (χ3n) is 9.35.